The minimum absolute atomic E-state index is 0.198. The summed E-state index contributed by atoms with van der Waals surface area (Å²) >= 11 is 0. The van der Waals surface area contributed by atoms with Gasteiger partial charge in [-0.05, 0) is 5.56 Å². The van der Waals surface area contributed by atoms with Crippen molar-refractivity contribution >= 4 is 0 Å². The average Bonchev–Trinajstić information content (AvgIpc) is 2.45. The van der Waals surface area contributed by atoms with Gasteiger partial charge < -0.3 is 29.9 Å². The summed E-state index contributed by atoms with van der Waals surface area (Å²) in [7, 11) is 0. The van der Waals surface area contributed by atoms with E-state index in [9.17, 15) is 15.3 Å². The van der Waals surface area contributed by atoms with E-state index in [0.29, 0.717) is 0 Å². The van der Waals surface area contributed by atoms with Crippen molar-refractivity contribution in [1.29, 1.82) is 0 Å². The fourth-order valence-electron chi connectivity index (χ4n) is 1.96. The first-order chi connectivity index (χ1) is 9.13. The van der Waals surface area contributed by atoms with Crippen LogP contribution < -0.4 is 0 Å². The normalized spacial score (nSPS) is 35.3. The second kappa shape index (κ2) is 6.42. The topological polar surface area (TPSA) is 99.4 Å². The SMILES string of the molecule is OC[C@H]1OC(OCc2ccccc2)[C@H](O)[C@@H](O)[C@H]1O. The van der Waals surface area contributed by atoms with Gasteiger partial charge in [0.05, 0.1) is 13.2 Å². The number of aliphatic hydroxyl groups is 4. The number of benzene rings is 1. The van der Waals surface area contributed by atoms with Crippen LogP contribution in [0.4, 0.5) is 0 Å². The average molecular weight is 270 g/mol. The van der Waals surface area contributed by atoms with Crippen molar-refractivity contribution in [1.82, 2.24) is 0 Å². The van der Waals surface area contributed by atoms with Crippen molar-refractivity contribution in [3.05, 3.63) is 35.9 Å². The Kier molecular flexibility index (Phi) is 4.87. The van der Waals surface area contributed by atoms with Gasteiger partial charge in [-0.15, -0.1) is 0 Å². The van der Waals surface area contributed by atoms with Crippen LogP contribution >= 0.6 is 0 Å². The van der Waals surface area contributed by atoms with Crippen LogP contribution in [-0.2, 0) is 16.1 Å². The zero-order valence-corrected chi connectivity index (χ0v) is 10.3. The summed E-state index contributed by atoms with van der Waals surface area (Å²) in [6.07, 6.45) is -6.17. The van der Waals surface area contributed by atoms with Gasteiger partial charge in [0.2, 0.25) is 0 Å². The third-order valence-corrected chi connectivity index (χ3v) is 3.11. The van der Waals surface area contributed by atoms with Gasteiger partial charge in [-0.3, -0.25) is 0 Å². The molecule has 2 rings (SSSR count). The summed E-state index contributed by atoms with van der Waals surface area (Å²) in [6, 6.07) is 9.28. The summed E-state index contributed by atoms with van der Waals surface area (Å²) in [4.78, 5) is 0. The molecule has 6 nitrogen and oxygen atoms in total. The van der Waals surface area contributed by atoms with E-state index < -0.39 is 37.3 Å². The van der Waals surface area contributed by atoms with Gasteiger partial charge in [0, 0.05) is 0 Å². The molecule has 0 radical (unpaired) electrons. The van der Waals surface area contributed by atoms with E-state index in [1.807, 2.05) is 30.3 Å². The molecule has 0 spiro atoms. The molecular weight excluding hydrogens is 252 g/mol. The lowest BCUT2D eigenvalue weighted by molar-refractivity contribution is -0.304. The van der Waals surface area contributed by atoms with E-state index >= 15 is 0 Å². The van der Waals surface area contributed by atoms with Crippen LogP contribution in [0.25, 0.3) is 0 Å². The molecule has 1 saturated heterocycles. The highest BCUT2D eigenvalue weighted by Crippen LogP contribution is 2.22. The Balaban J connectivity index is 1.95. The van der Waals surface area contributed by atoms with Gasteiger partial charge in [0.1, 0.15) is 24.4 Å². The van der Waals surface area contributed by atoms with E-state index in [-0.39, 0.29) is 6.61 Å². The van der Waals surface area contributed by atoms with Crippen molar-refractivity contribution in [3.8, 4) is 0 Å². The van der Waals surface area contributed by atoms with Gasteiger partial charge in [0.15, 0.2) is 6.29 Å². The molecule has 0 aromatic heterocycles. The Bertz CT molecular complexity index is 382. The summed E-state index contributed by atoms with van der Waals surface area (Å²) in [5.41, 5.74) is 0.888. The van der Waals surface area contributed by atoms with Crippen molar-refractivity contribution in [2.75, 3.05) is 6.61 Å². The molecule has 0 bridgehead atoms. The number of rotatable bonds is 4. The first-order valence-electron chi connectivity index (χ1n) is 6.09. The molecule has 106 valence electrons. The lowest BCUT2D eigenvalue weighted by Gasteiger charge is -2.39. The van der Waals surface area contributed by atoms with Gasteiger partial charge in [-0.2, -0.15) is 0 Å². The van der Waals surface area contributed by atoms with Crippen LogP contribution in [-0.4, -0.2) is 57.7 Å². The maximum Gasteiger partial charge on any atom is 0.187 e. The van der Waals surface area contributed by atoms with Crippen LogP contribution in [0.2, 0.25) is 0 Å². The molecule has 1 unspecified atom stereocenters. The highest BCUT2D eigenvalue weighted by atomic mass is 16.7. The zero-order chi connectivity index (χ0) is 13.8. The predicted octanol–water partition coefficient (Wildman–Crippen LogP) is -0.997. The predicted molar refractivity (Wildman–Crippen MR) is 65.0 cm³/mol. The Morgan fingerprint density at radius 2 is 1.68 bits per heavy atom. The van der Waals surface area contributed by atoms with Crippen LogP contribution in [0, 0.1) is 0 Å². The molecule has 0 amide bonds. The molecule has 1 heterocycles. The summed E-state index contributed by atoms with van der Waals surface area (Å²) in [6.45, 7) is -0.264. The van der Waals surface area contributed by atoms with E-state index in [4.69, 9.17) is 14.6 Å². The second-order valence-corrected chi connectivity index (χ2v) is 4.49. The van der Waals surface area contributed by atoms with Crippen LogP contribution in [0.5, 0.6) is 0 Å². The fourth-order valence-corrected chi connectivity index (χ4v) is 1.96. The number of hydrogen-bond acceptors (Lipinski definition) is 6. The first-order valence-corrected chi connectivity index (χ1v) is 6.09. The number of ether oxygens (including phenoxy) is 2. The highest BCUT2D eigenvalue weighted by Gasteiger charge is 2.43. The van der Waals surface area contributed by atoms with Gasteiger partial charge in [-0.25, -0.2) is 0 Å². The molecule has 1 fully saturated rings. The third kappa shape index (κ3) is 3.30. The minimum Gasteiger partial charge on any atom is -0.394 e. The molecule has 1 aliphatic rings. The molecule has 0 aliphatic carbocycles. The van der Waals surface area contributed by atoms with Crippen LogP contribution in [0.1, 0.15) is 5.56 Å². The van der Waals surface area contributed by atoms with Gasteiger partial charge in [0.25, 0.3) is 0 Å². The Labute approximate surface area is 110 Å². The Hall–Kier alpha value is -1.02. The van der Waals surface area contributed by atoms with E-state index in [1.54, 1.807) is 0 Å². The molecule has 1 aromatic carbocycles. The lowest BCUT2D eigenvalue weighted by atomic mass is 9.99. The molecule has 0 saturated carbocycles. The van der Waals surface area contributed by atoms with Crippen LogP contribution in [0.3, 0.4) is 0 Å². The summed E-state index contributed by atoms with van der Waals surface area (Å²) in [5.74, 6) is 0. The largest absolute Gasteiger partial charge is 0.394 e. The first kappa shape index (κ1) is 14.4. The molecular formula is C13H18O6. The zero-order valence-electron chi connectivity index (χ0n) is 10.3. The number of aliphatic hydroxyl groups excluding tert-OH is 4. The third-order valence-electron chi connectivity index (χ3n) is 3.11. The Morgan fingerprint density at radius 3 is 2.32 bits per heavy atom. The van der Waals surface area contributed by atoms with Crippen molar-refractivity contribution in [2.45, 2.75) is 37.3 Å². The molecule has 4 N–H and O–H groups in total. The van der Waals surface area contributed by atoms with E-state index in [0.717, 1.165) is 5.56 Å². The van der Waals surface area contributed by atoms with E-state index in [2.05, 4.69) is 0 Å². The quantitative estimate of drug-likeness (QED) is 0.560. The highest BCUT2D eigenvalue weighted by molar-refractivity contribution is 5.13. The van der Waals surface area contributed by atoms with E-state index in [1.165, 1.54) is 0 Å². The summed E-state index contributed by atoms with van der Waals surface area (Å²) < 4.78 is 10.6. The molecule has 1 aliphatic heterocycles. The molecule has 1 aromatic rings. The maximum absolute atomic E-state index is 9.76. The van der Waals surface area contributed by atoms with Crippen molar-refractivity contribution in [3.63, 3.8) is 0 Å². The molecule has 19 heavy (non-hydrogen) atoms. The van der Waals surface area contributed by atoms with Crippen molar-refractivity contribution < 1.29 is 29.9 Å². The Morgan fingerprint density at radius 1 is 1.00 bits per heavy atom. The smallest absolute Gasteiger partial charge is 0.187 e. The van der Waals surface area contributed by atoms with Crippen LogP contribution in [0.15, 0.2) is 30.3 Å². The number of hydrogen-bond donors (Lipinski definition) is 4. The lowest BCUT2D eigenvalue weighted by Crippen LogP contribution is -2.59. The van der Waals surface area contributed by atoms with Crippen molar-refractivity contribution in [2.24, 2.45) is 0 Å². The standard InChI is InChI=1S/C13H18O6/c14-6-9-10(15)11(16)12(17)13(19-9)18-7-8-4-2-1-3-5-8/h1-5,9-17H,6-7H2/t9-,10+,11+,12-,13?/m1/s1. The maximum atomic E-state index is 9.76. The minimum atomic E-state index is -1.41. The second-order valence-electron chi connectivity index (χ2n) is 4.49. The summed E-state index contributed by atoms with van der Waals surface area (Å²) in [5, 5.41) is 38.0. The van der Waals surface area contributed by atoms with Gasteiger partial charge in [-0.1, -0.05) is 30.3 Å². The monoisotopic (exact) mass is 270 g/mol. The van der Waals surface area contributed by atoms with Gasteiger partial charge >= 0.3 is 0 Å². The molecule has 5 atom stereocenters. The molecule has 6 heteroatoms. The fraction of sp³-hybridized carbons (Fsp3) is 0.538.